The van der Waals surface area contributed by atoms with E-state index >= 15 is 0 Å². The number of allylic oxidation sites excluding steroid dienone is 2. The van der Waals surface area contributed by atoms with E-state index in [2.05, 4.69) is 0 Å². The van der Waals surface area contributed by atoms with Crippen LogP contribution in [0.5, 0.6) is 0 Å². The number of cyclic esters (lactones) is 1. The fraction of sp³-hybridized carbons (Fsp3) is 0.571. The normalized spacial score (nSPS) is 38.5. The lowest BCUT2D eigenvalue weighted by atomic mass is 9.97. The van der Waals surface area contributed by atoms with Crippen molar-refractivity contribution in [2.75, 3.05) is 6.61 Å². The number of hydrogen-bond donors (Lipinski definition) is 5. The van der Waals surface area contributed by atoms with Gasteiger partial charge >= 0.3 is 5.97 Å². The Balaban J connectivity index is 3.10. The topological polar surface area (TPSA) is 127 Å². The smallest absolute Gasteiger partial charge is 0.334 e. The summed E-state index contributed by atoms with van der Waals surface area (Å²) in [6, 6.07) is 0. The molecule has 0 saturated heterocycles. The Morgan fingerprint density at radius 1 is 1.14 bits per heavy atom. The summed E-state index contributed by atoms with van der Waals surface area (Å²) in [6.45, 7) is 5.00. The Hall–Kier alpha value is -1.93. The molecule has 28 heavy (non-hydrogen) atoms. The van der Waals surface area contributed by atoms with Crippen molar-refractivity contribution in [1.82, 2.24) is 0 Å². The third-order valence-corrected chi connectivity index (χ3v) is 4.89. The average Bonchev–Trinajstić information content (AvgIpc) is 2.64. The first kappa shape index (κ1) is 24.1. The zero-order valence-corrected chi connectivity index (χ0v) is 16.7. The summed E-state index contributed by atoms with van der Waals surface area (Å²) in [5.41, 5.74) is 1.43. The summed E-state index contributed by atoms with van der Waals surface area (Å²) in [5, 5.41) is 49.7. The highest BCUT2D eigenvalue weighted by Crippen LogP contribution is 2.18. The molecule has 0 aromatic carbocycles. The molecule has 0 saturated carbocycles. The van der Waals surface area contributed by atoms with Crippen LogP contribution in [0.2, 0.25) is 0 Å². The van der Waals surface area contributed by atoms with Gasteiger partial charge in [-0.15, -0.1) is 0 Å². The van der Waals surface area contributed by atoms with Gasteiger partial charge in [0.2, 0.25) is 0 Å². The van der Waals surface area contributed by atoms with Gasteiger partial charge in [-0.2, -0.15) is 0 Å². The van der Waals surface area contributed by atoms with Crippen molar-refractivity contribution in [2.45, 2.75) is 64.4 Å². The van der Waals surface area contributed by atoms with E-state index in [-0.39, 0.29) is 24.7 Å². The van der Waals surface area contributed by atoms with Crippen LogP contribution in [0, 0.1) is 5.92 Å². The van der Waals surface area contributed by atoms with Crippen molar-refractivity contribution in [2.24, 2.45) is 5.92 Å². The fourth-order valence-corrected chi connectivity index (χ4v) is 2.70. The lowest BCUT2D eigenvalue weighted by Gasteiger charge is -2.22. The number of carbonyl (C=O) groups is 1. The zero-order chi connectivity index (χ0) is 21.3. The van der Waals surface area contributed by atoms with Crippen LogP contribution < -0.4 is 0 Å². The lowest BCUT2D eigenvalue weighted by Crippen LogP contribution is -2.36. The quantitative estimate of drug-likeness (QED) is 0.337. The number of ether oxygens (including phenoxy) is 1. The summed E-state index contributed by atoms with van der Waals surface area (Å²) in [5.74, 6) is -1.29. The molecular weight excluding hydrogens is 364 g/mol. The molecule has 7 heteroatoms. The maximum absolute atomic E-state index is 11.9. The number of aliphatic hydroxyl groups excluding tert-OH is 5. The van der Waals surface area contributed by atoms with E-state index in [1.54, 1.807) is 19.9 Å². The Morgan fingerprint density at radius 3 is 2.46 bits per heavy atom. The van der Waals surface area contributed by atoms with Gasteiger partial charge < -0.3 is 30.3 Å². The van der Waals surface area contributed by atoms with E-state index in [9.17, 15) is 30.3 Å². The van der Waals surface area contributed by atoms with Crippen molar-refractivity contribution in [3.05, 3.63) is 47.3 Å². The molecule has 7 nitrogen and oxygen atoms in total. The lowest BCUT2D eigenvalue weighted by molar-refractivity contribution is -0.143. The predicted molar refractivity (Wildman–Crippen MR) is 105 cm³/mol. The first-order chi connectivity index (χ1) is 13.1. The van der Waals surface area contributed by atoms with E-state index in [0.717, 1.165) is 11.6 Å². The van der Waals surface area contributed by atoms with Crippen molar-refractivity contribution < 1.29 is 35.1 Å². The molecule has 0 aliphatic carbocycles. The number of hydrogen-bond acceptors (Lipinski definition) is 7. The second-order valence-corrected chi connectivity index (χ2v) is 7.19. The van der Waals surface area contributed by atoms with E-state index in [4.69, 9.17) is 4.74 Å². The predicted octanol–water partition coefficient (Wildman–Crippen LogP) is 1.68. The zero-order valence-electron chi connectivity index (χ0n) is 16.7. The monoisotopic (exact) mass is 396 g/mol. The maximum Gasteiger partial charge on any atom is 0.334 e. The molecule has 1 rings (SSSR count). The van der Waals surface area contributed by atoms with Crippen molar-refractivity contribution in [1.29, 1.82) is 0 Å². The van der Waals surface area contributed by atoms with Crippen molar-refractivity contribution >= 4 is 5.97 Å². The highest BCUT2D eigenvalue weighted by Gasteiger charge is 2.23. The van der Waals surface area contributed by atoms with E-state index in [0.29, 0.717) is 18.4 Å². The highest BCUT2D eigenvalue weighted by atomic mass is 16.5. The molecule has 158 valence electrons. The number of esters is 1. The second-order valence-electron chi connectivity index (χ2n) is 7.19. The third kappa shape index (κ3) is 7.98. The molecule has 3 unspecified atom stereocenters. The molecular formula is C21H32O7. The SMILES string of the molecule is C\C1=C(CO)/C=C\C(O)=C\C(=O)O[C@@H](C)C(C)/C=C\C(O)C(O)[C@@H](O)CCC1. The largest absolute Gasteiger partial charge is 0.508 e. The average molecular weight is 396 g/mol. The van der Waals surface area contributed by atoms with Crippen LogP contribution in [0.4, 0.5) is 0 Å². The first-order valence-corrected chi connectivity index (χ1v) is 9.47. The van der Waals surface area contributed by atoms with Crippen LogP contribution in [-0.2, 0) is 9.53 Å². The van der Waals surface area contributed by atoms with Crippen molar-refractivity contribution in [3.8, 4) is 0 Å². The minimum absolute atomic E-state index is 0.247. The minimum atomic E-state index is -1.33. The Labute approximate surface area is 166 Å². The van der Waals surface area contributed by atoms with Crippen molar-refractivity contribution in [3.63, 3.8) is 0 Å². The Morgan fingerprint density at radius 2 is 1.82 bits per heavy atom. The minimum Gasteiger partial charge on any atom is -0.508 e. The molecule has 0 spiro atoms. The molecule has 1 aliphatic heterocycles. The molecule has 5 atom stereocenters. The molecule has 0 fully saturated rings. The van der Waals surface area contributed by atoms with Crippen LogP contribution in [0.25, 0.3) is 0 Å². The Kier molecular flexibility index (Phi) is 10.2. The van der Waals surface area contributed by atoms with Gasteiger partial charge in [-0.3, -0.25) is 0 Å². The number of rotatable bonds is 1. The summed E-state index contributed by atoms with van der Waals surface area (Å²) >= 11 is 0. The van der Waals surface area contributed by atoms with Crippen LogP contribution in [-0.4, -0.2) is 62.5 Å². The van der Waals surface area contributed by atoms with Gasteiger partial charge in [-0.05, 0) is 44.8 Å². The first-order valence-electron chi connectivity index (χ1n) is 9.47. The van der Waals surface area contributed by atoms with Gasteiger partial charge in [-0.1, -0.05) is 30.7 Å². The standard InChI is InChI=1S/C21H32O7/c1-13-7-10-19(25)21(27)18(24)6-4-5-14(2)16(12-22)8-9-17(23)11-20(26)28-15(13)3/h7-11,13,15,18-19,21-25,27H,4-6,12H2,1-3H3/b9-8-,10-7-,16-14-,17-11-/t13?,15-,18-,19?,21?/m0/s1. The van der Waals surface area contributed by atoms with E-state index < -0.39 is 30.4 Å². The molecule has 0 aromatic heterocycles. The van der Waals surface area contributed by atoms with Crippen LogP contribution in [0.3, 0.4) is 0 Å². The molecule has 0 aromatic rings. The molecule has 0 amide bonds. The summed E-state index contributed by atoms with van der Waals surface area (Å²) in [7, 11) is 0. The molecule has 1 aliphatic rings. The van der Waals surface area contributed by atoms with Gasteiger partial charge in [0.15, 0.2) is 0 Å². The fourth-order valence-electron chi connectivity index (χ4n) is 2.70. The molecule has 1 heterocycles. The van der Waals surface area contributed by atoms with E-state index in [1.165, 1.54) is 18.2 Å². The van der Waals surface area contributed by atoms with Gasteiger partial charge in [0.25, 0.3) is 0 Å². The summed E-state index contributed by atoms with van der Waals surface area (Å²) < 4.78 is 5.22. The van der Waals surface area contributed by atoms with Gasteiger partial charge in [-0.25, -0.2) is 4.79 Å². The molecule has 5 N–H and O–H groups in total. The number of carbonyl (C=O) groups excluding carboxylic acids is 1. The third-order valence-electron chi connectivity index (χ3n) is 4.89. The van der Waals surface area contributed by atoms with Gasteiger partial charge in [0.1, 0.15) is 24.1 Å². The molecule has 0 radical (unpaired) electrons. The number of aliphatic hydroxyl groups is 5. The summed E-state index contributed by atoms with van der Waals surface area (Å²) in [4.78, 5) is 11.9. The van der Waals surface area contributed by atoms with Crippen LogP contribution in [0.15, 0.2) is 47.3 Å². The van der Waals surface area contributed by atoms with Gasteiger partial charge in [0.05, 0.1) is 18.8 Å². The second kappa shape index (κ2) is 11.8. The summed E-state index contributed by atoms with van der Waals surface area (Å²) in [6.07, 6.45) is 3.89. The van der Waals surface area contributed by atoms with E-state index in [1.807, 2.05) is 6.92 Å². The van der Waals surface area contributed by atoms with Crippen LogP contribution >= 0.6 is 0 Å². The Bertz CT molecular complexity index is 633. The highest BCUT2D eigenvalue weighted by molar-refractivity contribution is 5.83. The van der Waals surface area contributed by atoms with Gasteiger partial charge in [0, 0.05) is 5.92 Å². The maximum atomic E-state index is 11.9. The molecule has 0 bridgehead atoms. The van der Waals surface area contributed by atoms with Crippen LogP contribution in [0.1, 0.15) is 40.0 Å².